The summed E-state index contributed by atoms with van der Waals surface area (Å²) in [5.74, 6) is 0.326. The smallest absolute Gasteiger partial charge is 0.230 e. The Kier molecular flexibility index (Phi) is 6.44. The fourth-order valence-electron chi connectivity index (χ4n) is 3.22. The number of para-hydroxylation sites is 1. The predicted molar refractivity (Wildman–Crippen MR) is 104 cm³/mol. The first-order valence-corrected chi connectivity index (χ1v) is 10.1. The third kappa shape index (κ3) is 4.72. The number of thioether (sulfide) groups is 1. The number of carbonyl (C=O) groups excluding carboxylic acids is 1. The van der Waals surface area contributed by atoms with E-state index >= 15 is 0 Å². The monoisotopic (exact) mass is 371 g/mol. The van der Waals surface area contributed by atoms with Crippen molar-refractivity contribution in [2.75, 3.05) is 12.3 Å². The molecule has 1 aliphatic carbocycles. The Hall–Kier alpha value is -2.15. The first kappa shape index (κ1) is 18.6. The largest absolute Gasteiger partial charge is 0.355 e. The molecule has 0 bridgehead atoms. The molecule has 2 aromatic rings. The van der Waals surface area contributed by atoms with Crippen molar-refractivity contribution >= 4 is 17.7 Å². The van der Waals surface area contributed by atoms with Crippen LogP contribution in [0.4, 0.5) is 0 Å². The van der Waals surface area contributed by atoms with Gasteiger partial charge in [-0.05, 0) is 67.5 Å². The number of aryl methyl sites for hydroxylation is 2. The van der Waals surface area contributed by atoms with Crippen molar-refractivity contribution in [3.05, 3.63) is 41.0 Å². The molecule has 138 valence electrons. The summed E-state index contributed by atoms with van der Waals surface area (Å²) in [7, 11) is 0. The maximum atomic E-state index is 12.1. The van der Waals surface area contributed by atoms with Gasteiger partial charge in [-0.25, -0.2) is 0 Å². The van der Waals surface area contributed by atoms with E-state index in [0.717, 1.165) is 23.2 Å². The van der Waals surface area contributed by atoms with Gasteiger partial charge >= 0.3 is 0 Å². The lowest BCUT2D eigenvalue weighted by Crippen LogP contribution is -2.26. The van der Waals surface area contributed by atoms with E-state index in [1.54, 1.807) is 4.68 Å². The number of nitrogens with zero attached hydrogens (tertiary/aromatic N) is 4. The Morgan fingerprint density at radius 3 is 2.81 bits per heavy atom. The number of benzene rings is 1. The second-order valence-electron chi connectivity index (χ2n) is 6.61. The Balaban J connectivity index is 1.53. The lowest BCUT2D eigenvalue weighted by molar-refractivity contribution is -0.118. The fraction of sp³-hybridized carbons (Fsp3) is 0.474. The molecule has 1 aromatic carbocycles. The molecule has 0 saturated heterocycles. The van der Waals surface area contributed by atoms with Crippen LogP contribution in [0.2, 0.25) is 0 Å². The van der Waals surface area contributed by atoms with Crippen LogP contribution >= 0.6 is 11.8 Å². The van der Waals surface area contributed by atoms with Crippen molar-refractivity contribution in [1.29, 1.82) is 0 Å². The van der Waals surface area contributed by atoms with Gasteiger partial charge in [0.15, 0.2) is 0 Å². The highest BCUT2D eigenvalue weighted by Gasteiger charge is 2.14. The molecule has 0 radical (unpaired) electrons. The van der Waals surface area contributed by atoms with E-state index in [0.29, 0.717) is 17.5 Å². The second kappa shape index (κ2) is 8.98. The van der Waals surface area contributed by atoms with E-state index in [4.69, 9.17) is 0 Å². The summed E-state index contributed by atoms with van der Waals surface area (Å²) in [4.78, 5) is 12.1. The van der Waals surface area contributed by atoms with E-state index in [1.165, 1.54) is 43.0 Å². The van der Waals surface area contributed by atoms with Crippen LogP contribution < -0.4 is 5.32 Å². The van der Waals surface area contributed by atoms with Gasteiger partial charge in [0.05, 0.1) is 11.4 Å². The normalized spacial score (nSPS) is 14.2. The van der Waals surface area contributed by atoms with Gasteiger partial charge in [-0.15, -0.1) is 5.10 Å². The van der Waals surface area contributed by atoms with E-state index in [2.05, 4.69) is 26.9 Å². The third-order valence-corrected chi connectivity index (χ3v) is 5.50. The fourth-order valence-corrected chi connectivity index (χ4v) is 3.93. The van der Waals surface area contributed by atoms with Crippen LogP contribution in [0.3, 0.4) is 0 Å². The molecule has 1 amide bonds. The number of allylic oxidation sites excluding steroid dienone is 1. The quantitative estimate of drug-likeness (QED) is 0.597. The molecule has 0 fully saturated rings. The molecule has 1 aliphatic rings. The summed E-state index contributed by atoms with van der Waals surface area (Å²) in [6, 6.07) is 6.08. The molecule has 1 heterocycles. The molecule has 0 atom stereocenters. The van der Waals surface area contributed by atoms with Crippen molar-refractivity contribution in [3.63, 3.8) is 0 Å². The zero-order chi connectivity index (χ0) is 18.4. The zero-order valence-electron chi connectivity index (χ0n) is 15.4. The van der Waals surface area contributed by atoms with Crippen LogP contribution in [-0.2, 0) is 4.79 Å². The van der Waals surface area contributed by atoms with E-state index in [-0.39, 0.29) is 5.91 Å². The first-order valence-electron chi connectivity index (χ1n) is 9.07. The molecule has 6 nitrogen and oxygen atoms in total. The molecule has 3 rings (SSSR count). The number of nitrogens with one attached hydrogen (secondary N) is 1. The minimum Gasteiger partial charge on any atom is -0.355 e. The Labute approximate surface area is 158 Å². The van der Waals surface area contributed by atoms with E-state index in [1.807, 2.05) is 32.0 Å². The van der Waals surface area contributed by atoms with Crippen molar-refractivity contribution in [1.82, 2.24) is 25.5 Å². The zero-order valence-corrected chi connectivity index (χ0v) is 16.2. The van der Waals surface area contributed by atoms with Crippen LogP contribution in [0.5, 0.6) is 0 Å². The van der Waals surface area contributed by atoms with Crippen LogP contribution in [-0.4, -0.2) is 38.4 Å². The molecule has 0 unspecified atom stereocenters. The average Bonchev–Trinajstić information content (AvgIpc) is 3.09. The highest BCUT2D eigenvalue weighted by Crippen LogP contribution is 2.23. The molecule has 0 saturated carbocycles. The molecule has 1 N–H and O–H groups in total. The highest BCUT2D eigenvalue weighted by atomic mass is 32.2. The van der Waals surface area contributed by atoms with E-state index in [9.17, 15) is 4.79 Å². The van der Waals surface area contributed by atoms with Crippen molar-refractivity contribution in [3.8, 4) is 5.69 Å². The van der Waals surface area contributed by atoms with Gasteiger partial charge < -0.3 is 5.32 Å². The minimum atomic E-state index is 0.0162. The lowest BCUT2D eigenvalue weighted by atomic mass is 9.97. The van der Waals surface area contributed by atoms with Gasteiger partial charge in [0, 0.05) is 6.54 Å². The summed E-state index contributed by atoms with van der Waals surface area (Å²) in [6.07, 6.45) is 8.20. The van der Waals surface area contributed by atoms with Crippen molar-refractivity contribution in [2.45, 2.75) is 51.1 Å². The molecular formula is C19H25N5OS. The van der Waals surface area contributed by atoms with Gasteiger partial charge in [0.2, 0.25) is 11.1 Å². The Morgan fingerprint density at radius 2 is 2.08 bits per heavy atom. The van der Waals surface area contributed by atoms with Crippen LogP contribution in [0.1, 0.15) is 43.2 Å². The van der Waals surface area contributed by atoms with Gasteiger partial charge in [-0.1, -0.05) is 41.6 Å². The predicted octanol–water partition coefficient (Wildman–Crippen LogP) is 3.38. The van der Waals surface area contributed by atoms with Gasteiger partial charge in [-0.2, -0.15) is 4.68 Å². The number of hydrogen-bond acceptors (Lipinski definition) is 5. The SMILES string of the molecule is Cc1cccc(C)c1-n1nnnc1SCC(=O)NCCC1=CCCCC1. The summed E-state index contributed by atoms with van der Waals surface area (Å²) < 4.78 is 1.72. The van der Waals surface area contributed by atoms with Gasteiger partial charge in [-0.3, -0.25) is 4.79 Å². The summed E-state index contributed by atoms with van der Waals surface area (Å²) in [5.41, 5.74) is 4.65. The highest BCUT2D eigenvalue weighted by molar-refractivity contribution is 7.99. The maximum Gasteiger partial charge on any atom is 0.230 e. The Morgan fingerprint density at radius 1 is 1.27 bits per heavy atom. The second-order valence-corrected chi connectivity index (χ2v) is 7.55. The van der Waals surface area contributed by atoms with Gasteiger partial charge in [0.25, 0.3) is 0 Å². The van der Waals surface area contributed by atoms with Crippen LogP contribution in [0.25, 0.3) is 5.69 Å². The lowest BCUT2D eigenvalue weighted by Gasteiger charge is -2.13. The number of tetrazole rings is 1. The van der Waals surface area contributed by atoms with E-state index < -0.39 is 0 Å². The summed E-state index contributed by atoms with van der Waals surface area (Å²) in [6.45, 7) is 4.77. The minimum absolute atomic E-state index is 0.0162. The Bertz CT molecular complexity index is 779. The average molecular weight is 372 g/mol. The standard InChI is InChI=1S/C19H25N5OS/c1-14-7-6-8-15(2)18(14)24-19(21-22-23-24)26-13-17(25)20-12-11-16-9-4-3-5-10-16/h6-9H,3-5,10-13H2,1-2H3,(H,20,25). The maximum absolute atomic E-state index is 12.1. The molecule has 0 spiro atoms. The number of amides is 1. The molecular weight excluding hydrogens is 346 g/mol. The van der Waals surface area contributed by atoms with Crippen molar-refractivity contribution < 1.29 is 4.79 Å². The van der Waals surface area contributed by atoms with Crippen LogP contribution in [0.15, 0.2) is 35.0 Å². The summed E-state index contributed by atoms with van der Waals surface area (Å²) >= 11 is 1.36. The molecule has 7 heteroatoms. The number of hydrogen-bond donors (Lipinski definition) is 1. The topological polar surface area (TPSA) is 72.7 Å². The summed E-state index contributed by atoms with van der Waals surface area (Å²) in [5, 5.41) is 15.6. The van der Waals surface area contributed by atoms with Crippen molar-refractivity contribution in [2.24, 2.45) is 0 Å². The number of aromatic nitrogens is 4. The van der Waals surface area contributed by atoms with Crippen LogP contribution in [0, 0.1) is 13.8 Å². The number of carbonyl (C=O) groups is 1. The van der Waals surface area contributed by atoms with Gasteiger partial charge in [0.1, 0.15) is 0 Å². The molecule has 1 aromatic heterocycles. The third-order valence-electron chi connectivity index (χ3n) is 4.58. The number of rotatable bonds is 7. The molecule has 0 aliphatic heterocycles. The first-order chi connectivity index (χ1) is 12.6. The molecule has 26 heavy (non-hydrogen) atoms.